The van der Waals surface area contributed by atoms with E-state index in [1.807, 2.05) is 0 Å². The third-order valence-electron chi connectivity index (χ3n) is 4.55. The Labute approximate surface area is 188 Å². The maximum absolute atomic E-state index is 11.0. The molecule has 0 spiro atoms. The third-order valence-corrected chi connectivity index (χ3v) is 5.07. The summed E-state index contributed by atoms with van der Waals surface area (Å²) in [7, 11) is -2.82. The molecule has 0 fully saturated rings. The van der Waals surface area contributed by atoms with E-state index in [-0.39, 0.29) is 35.5 Å². The van der Waals surface area contributed by atoms with Crippen molar-refractivity contribution < 1.29 is 51.8 Å². The van der Waals surface area contributed by atoms with Gasteiger partial charge in [0.15, 0.2) is 0 Å². The number of unbranched alkanes of at least 4 members (excludes halogenated alkanes) is 10. The normalized spacial score (nSPS) is 13.4. The van der Waals surface area contributed by atoms with Gasteiger partial charge in [-0.25, -0.2) is 4.18 Å². The first-order valence-corrected chi connectivity index (χ1v) is 11.5. The van der Waals surface area contributed by atoms with Gasteiger partial charge in [0.2, 0.25) is 0 Å². The second kappa shape index (κ2) is 19.6. The van der Waals surface area contributed by atoms with Gasteiger partial charge in [0, 0.05) is 7.05 Å². The predicted octanol–water partition coefficient (Wildman–Crippen LogP) is 1.44. The first kappa shape index (κ1) is 29.5. The van der Waals surface area contributed by atoms with Crippen molar-refractivity contribution in [2.24, 2.45) is 4.99 Å². The van der Waals surface area contributed by atoms with Crippen LogP contribution in [0.1, 0.15) is 103 Å². The van der Waals surface area contributed by atoms with Crippen LogP contribution in [0.3, 0.4) is 0 Å². The van der Waals surface area contributed by atoms with Gasteiger partial charge >= 0.3 is 40.0 Å². The molecule has 0 bridgehead atoms. The van der Waals surface area contributed by atoms with Crippen LogP contribution in [0.4, 0.5) is 0 Å². The average Bonchev–Trinajstić information content (AvgIpc) is 2.58. The maximum Gasteiger partial charge on any atom is 1.00 e. The topological polar surface area (TPSA) is 99.0 Å². The van der Waals surface area contributed by atoms with E-state index in [9.17, 15) is 13.5 Å². The van der Waals surface area contributed by atoms with Crippen LogP contribution in [0, 0.1) is 0 Å². The van der Waals surface area contributed by atoms with Crippen LogP contribution in [0.25, 0.3) is 0 Å². The van der Waals surface area contributed by atoms with E-state index < -0.39 is 16.5 Å². The molecule has 0 aromatic heterocycles. The number of hydrogen-bond acceptors (Lipinski definition) is 5. The van der Waals surface area contributed by atoms with Crippen LogP contribution in [0.5, 0.6) is 0 Å². The molecule has 0 aliphatic heterocycles. The minimum atomic E-state index is -4.37. The Kier molecular flexibility index (Phi) is 21.5. The zero-order valence-corrected chi connectivity index (χ0v) is 20.4. The fourth-order valence-electron chi connectivity index (χ4n) is 3.03. The number of hydrogen-bond donors (Lipinski definition) is 1. The second-order valence-corrected chi connectivity index (χ2v) is 8.03. The summed E-state index contributed by atoms with van der Waals surface area (Å²) < 4.78 is 35.6. The molecule has 0 rings (SSSR count). The van der Waals surface area contributed by atoms with Gasteiger partial charge in [-0.2, -0.15) is 8.42 Å². The van der Waals surface area contributed by atoms with Crippen molar-refractivity contribution in [1.29, 1.82) is 0 Å². The van der Waals surface area contributed by atoms with E-state index in [0.29, 0.717) is 19.3 Å². The maximum atomic E-state index is 11.0. The number of rotatable bonds is 18. The number of nitrogens with zero attached hydrogens (tertiary/aromatic N) is 1. The van der Waals surface area contributed by atoms with Gasteiger partial charge in [0.1, 0.15) is 0 Å². The molecule has 1 atom stereocenters. The monoisotopic (exact) mass is 415 g/mol. The van der Waals surface area contributed by atoms with Crippen LogP contribution in [-0.2, 0) is 14.6 Å². The van der Waals surface area contributed by atoms with Gasteiger partial charge in [-0.1, -0.05) is 77.6 Å². The van der Waals surface area contributed by atoms with Crippen LogP contribution in [0.15, 0.2) is 4.99 Å². The van der Waals surface area contributed by atoms with Gasteiger partial charge in [-0.15, -0.1) is 0 Å². The van der Waals surface area contributed by atoms with E-state index >= 15 is 0 Å². The summed E-state index contributed by atoms with van der Waals surface area (Å²) in [6.07, 6.45) is 14.3. The van der Waals surface area contributed by atoms with Crippen molar-refractivity contribution in [3.8, 4) is 0 Å². The molecule has 0 aliphatic rings. The molecule has 0 heterocycles. The summed E-state index contributed by atoms with van der Waals surface area (Å²) in [4.78, 5) is 3.62. The van der Waals surface area contributed by atoms with Gasteiger partial charge in [0.25, 0.3) is 0 Å². The van der Waals surface area contributed by atoms with Gasteiger partial charge in [-0.3, -0.25) is 4.55 Å². The van der Waals surface area contributed by atoms with Crippen LogP contribution in [-0.4, -0.2) is 32.0 Å². The van der Waals surface area contributed by atoms with Gasteiger partial charge in [0.05, 0.1) is 6.10 Å². The Balaban J connectivity index is 0. The first-order valence-electron chi connectivity index (χ1n) is 10.2. The van der Waals surface area contributed by atoms with Crippen molar-refractivity contribution in [2.45, 2.75) is 109 Å². The van der Waals surface area contributed by atoms with E-state index in [4.69, 9.17) is 8.74 Å². The second-order valence-electron chi connectivity index (χ2n) is 6.98. The van der Waals surface area contributed by atoms with E-state index in [1.165, 1.54) is 6.42 Å². The van der Waals surface area contributed by atoms with Gasteiger partial charge in [-0.05, 0) is 31.6 Å². The Morgan fingerprint density at radius 1 is 0.926 bits per heavy atom. The van der Waals surface area contributed by atoms with E-state index in [2.05, 4.69) is 11.9 Å². The molecule has 1 unspecified atom stereocenters. The molecule has 27 heavy (non-hydrogen) atoms. The summed E-state index contributed by atoms with van der Waals surface area (Å²) in [5, 5.41) is 11.0. The molecule has 0 aliphatic carbocycles. The summed E-state index contributed by atoms with van der Waals surface area (Å²) in [5.41, 5.74) is 0. The van der Waals surface area contributed by atoms with Crippen molar-refractivity contribution >= 4 is 16.3 Å². The fourth-order valence-corrected chi connectivity index (χ4v) is 3.57. The van der Waals surface area contributed by atoms with Crippen molar-refractivity contribution in [2.75, 3.05) is 7.05 Å². The Hall–Kier alpha value is 0.340. The molecule has 0 saturated heterocycles. The Bertz CT molecular complexity index is 457. The molecule has 0 aromatic carbocycles. The smallest absolute Gasteiger partial charge is 0.862 e. The Morgan fingerprint density at radius 3 is 1.81 bits per heavy atom. The molecule has 8 heteroatoms. The zero-order valence-electron chi connectivity index (χ0n) is 17.6. The Morgan fingerprint density at radius 2 is 1.37 bits per heavy atom. The molecule has 0 amide bonds. The third kappa shape index (κ3) is 22.5. The molecule has 6 nitrogen and oxygen atoms in total. The molecule has 0 aromatic rings. The first-order chi connectivity index (χ1) is 12.4. The van der Waals surface area contributed by atoms with Crippen molar-refractivity contribution in [1.82, 2.24) is 0 Å². The van der Waals surface area contributed by atoms with Crippen molar-refractivity contribution in [3.05, 3.63) is 0 Å². The minimum Gasteiger partial charge on any atom is -0.862 e. The van der Waals surface area contributed by atoms with E-state index in [0.717, 1.165) is 70.6 Å². The number of aliphatic imine (C=N–C) groups is 1. The molecular weight excluding hydrogens is 377 g/mol. The molecule has 156 valence electrons. The molecular formula is C19H38NNaO5S. The SMILES string of the molecule is CCCCCCC(CCCCCCCCCCC([O-])=NC)OS(=O)(=O)O.[Na+]. The summed E-state index contributed by atoms with van der Waals surface area (Å²) in [6.45, 7) is 2.13. The zero-order chi connectivity index (χ0) is 19.7. The fraction of sp³-hybridized carbons (Fsp3) is 0.947. The molecule has 1 N–H and O–H groups in total. The molecule has 0 saturated carbocycles. The quantitative estimate of drug-likeness (QED) is 0.120. The standard InChI is InChI=1S/C19H39NO5S.Na/c1-3-4-5-12-15-18(25-26(22,23)24)16-13-10-8-6-7-9-11-14-17-19(21)20-2;/h18H,3-17H2,1-2H3,(H,20,21)(H,22,23,24);/q;+1/p-1. The summed E-state index contributed by atoms with van der Waals surface area (Å²) in [6, 6.07) is 0. The predicted molar refractivity (Wildman–Crippen MR) is 105 cm³/mol. The molecule has 0 radical (unpaired) electrons. The largest absolute Gasteiger partial charge is 1.00 e. The van der Waals surface area contributed by atoms with E-state index in [1.54, 1.807) is 7.05 Å². The minimum absolute atomic E-state index is 0. The summed E-state index contributed by atoms with van der Waals surface area (Å²) >= 11 is 0. The average molecular weight is 416 g/mol. The van der Waals surface area contributed by atoms with Crippen LogP contribution >= 0.6 is 0 Å². The van der Waals surface area contributed by atoms with Crippen molar-refractivity contribution in [3.63, 3.8) is 0 Å². The van der Waals surface area contributed by atoms with Crippen LogP contribution < -0.4 is 34.7 Å². The summed E-state index contributed by atoms with van der Waals surface area (Å²) in [5.74, 6) is -0.0126. The van der Waals surface area contributed by atoms with Crippen LogP contribution in [0.2, 0.25) is 0 Å². The van der Waals surface area contributed by atoms with Gasteiger partial charge < -0.3 is 10.1 Å².